The van der Waals surface area contributed by atoms with Gasteiger partial charge in [-0.3, -0.25) is 9.78 Å². The Labute approximate surface area is 97.9 Å². The van der Waals surface area contributed by atoms with Crippen LogP contribution >= 0.6 is 0 Å². The number of hydrogen-bond acceptors (Lipinski definition) is 5. The van der Waals surface area contributed by atoms with E-state index in [1.165, 1.54) is 24.8 Å². The van der Waals surface area contributed by atoms with Crippen molar-refractivity contribution in [3.63, 3.8) is 0 Å². The first-order valence-electron chi connectivity index (χ1n) is 4.96. The van der Waals surface area contributed by atoms with Crippen LogP contribution in [0.1, 0.15) is 16.1 Å². The van der Waals surface area contributed by atoms with E-state index in [-0.39, 0.29) is 11.6 Å². The molecule has 0 aliphatic heterocycles. The van der Waals surface area contributed by atoms with Crippen LogP contribution in [0.15, 0.2) is 30.9 Å². The van der Waals surface area contributed by atoms with Gasteiger partial charge in [0, 0.05) is 12.4 Å². The zero-order chi connectivity index (χ0) is 12.3. The van der Waals surface area contributed by atoms with Crippen LogP contribution in [-0.4, -0.2) is 20.9 Å². The summed E-state index contributed by atoms with van der Waals surface area (Å²) in [6.45, 7) is 1.84. The van der Waals surface area contributed by atoms with Gasteiger partial charge in [0.1, 0.15) is 11.5 Å². The number of carbonyl (C=O) groups is 1. The summed E-state index contributed by atoms with van der Waals surface area (Å²) in [5, 5.41) is 2.62. The summed E-state index contributed by atoms with van der Waals surface area (Å²) in [4.78, 5) is 23.4. The lowest BCUT2D eigenvalue weighted by Gasteiger charge is -2.05. The predicted molar refractivity (Wildman–Crippen MR) is 63.4 cm³/mol. The fourth-order valence-corrected chi connectivity index (χ4v) is 1.23. The second-order valence-corrected chi connectivity index (χ2v) is 3.47. The summed E-state index contributed by atoms with van der Waals surface area (Å²) in [5.74, 6) is 0.0853. The molecule has 0 bridgehead atoms. The maximum atomic E-state index is 11.7. The number of aromatic nitrogens is 3. The van der Waals surface area contributed by atoms with Crippen LogP contribution in [-0.2, 0) is 0 Å². The highest BCUT2D eigenvalue weighted by atomic mass is 16.1. The summed E-state index contributed by atoms with van der Waals surface area (Å²) in [7, 11) is 0. The molecule has 0 radical (unpaired) electrons. The minimum absolute atomic E-state index is 0.240. The molecular formula is C11H11N5O. The smallest absolute Gasteiger partial charge is 0.277 e. The topological polar surface area (TPSA) is 93.8 Å². The van der Waals surface area contributed by atoms with E-state index in [9.17, 15) is 4.79 Å². The van der Waals surface area contributed by atoms with Gasteiger partial charge in [0.2, 0.25) is 0 Å². The third kappa shape index (κ3) is 2.54. The number of amides is 1. The number of nitrogen functional groups attached to an aromatic ring is 1. The summed E-state index contributed by atoms with van der Waals surface area (Å²) in [6, 6.07) is 1.70. The molecule has 0 unspecified atom stereocenters. The summed E-state index contributed by atoms with van der Waals surface area (Å²) < 4.78 is 0. The van der Waals surface area contributed by atoms with E-state index in [2.05, 4.69) is 20.3 Å². The largest absolute Gasteiger partial charge is 0.397 e. The Hall–Kier alpha value is -2.50. The first-order chi connectivity index (χ1) is 8.16. The van der Waals surface area contributed by atoms with Crippen LogP contribution in [0.3, 0.4) is 0 Å². The number of anilines is 2. The minimum atomic E-state index is -0.352. The highest BCUT2D eigenvalue weighted by molar-refractivity contribution is 6.02. The number of nitrogens with one attached hydrogen (secondary N) is 1. The van der Waals surface area contributed by atoms with E-state index in [1.807, 2.05) is 6.92 Å². The van der Waals surface area contributed by atoms with Gasteiger partial charge in [-0.05, 0) is 18.6 Å². The molecule has 2 aromatic heterocycles. The van der Waals surface area contributed by atoms with Crippen LogP contribution in [0.25, 0.3) is 0 Å². The van der Waals surface area contributed by atoms with Crippen LogP contribution < -0.4 is 11.1 Å². The Morgan fingerprint density at radius 2 is 2.12 bits per heavy atom. The molecule has 2 aromatic rings. The highest BCUT2D eigenvalue weighted by Crippen LogP contribution is 2.13. The molecule has 2 rings (SSSR count). The molecule has 17 heavy (non-hydrogen) atoms. The van der Waals surface area contributed by atoms with E-state index in [4.69, 9.17) is 5.73 Å². The monoisotopic (exact) mass is 229 g/mol. The molecule has 2 heterocycles. The molecular weight excluding hydrogens is 218 g/mol. The van der Waals surface area contributed by atoms with E-state index in [1.54, 1.807) is 6.07 Å². The fraction of sp³-hybridized carbons (Fsp3) is 0.0909. The fourth-order valence-electron chi connectivity index (χ4n) is 1.23. The molecule has 0 saturated heterocycles. The third-order valence-corrected chi connectivity index (χ3v) is 2.19. The van der Waals surface area contributed by atoms with Gasteiger partial charge in [0.15, 0.2) is 0 Å². The summed E-state index contributed by atoms with van der Waals surface area (Å²) in [5.41, 5.74) is 7.31. The average molecular weight is 229 g/mol. The van der Waals surface area contributed by atoms with Gasteiger partial charge in [0.05, 0.1) is 18.1 Å². The molecule has 0 aliphatic carbocycles. The standard InChI is InChI=1S/C11H11N5O/c1-7-4-10(15-5-8(7)12)16-11(17)9-6-13-2-3-14-9/h2-6H,12H2,1H3,(H,15,16,17). The molecule has 6 nitrogen and oxygen atoms in total. The van der Waals surface area contributed by atoms with E-state index >= 15 is 0 Å². The van der Waals surface area contributed by atoms with Crippen molar-refractivity contribution in [1.29, 1.82) is 0 Å². The van der Waals surface area contributed by atoms with Gasteiger partial charge >= 0.3 is 0 Å². The zero-order valence-electron chi connectivity index (χ0n) is 9.21. The normalized spacial score (nSPS) is 9.94. The number of rotatable bonds is 2. The Morgan fingerprint density at radius 3 is 2.76 bits per heavy atom. The molecule has 1 amide bonds. The Balaban J connectivity index is 2.16. The molecule has 86 valence electrons. The van der Waals surface area contributed by atoms with Crippen molar-refractivity contribution in [3.05, 3.63) is 42.1 Å². The maximum absolute atomic E-state index is 11.7. The van der Waals surface area contributed by atoms with Crippen molar-refractivity contribution >= 4 is 17.4 Å². The van der Waals surface area contributed by atoms with Crippen LogP contribution in [0.4, 0.5) is 11.5 Å². The molecule has 0 spiro atoms. The van der Waals surface area contributed by atoms with Crippen molar-refractivity contribution in [2.24, 2.45) is 0 Å². The van der Waals surface area contributed by atoms with Gasteiger partial charge in [-0.15, -0.1) is 0 Å². The van der Waals surface area contributed by atoms with E-state index in [0.717, 1.165) is 5.56 Å². The number of pyridine rings is 1. The second kappa shape index (κ2) is 4.56. The average Bonchev–Trinajstić information content (AvgIpc) is 2.35. The molecule has 0 saturated carbocycles. The number of carbonyl (C=O) groups excluding carboxylic acids is 1. The Morgan fingerprint density at radius 1 is 1.29 bits per heavy atom. The molecule has 0 fully saturated rings. The lowest BCUT2D eigenvalue weighted by Crippen LogP contribution is -2.15. The Bertz CT molecular complexity index is 541. The van der Waals surface area contributed by atoms with Gasteiger partial charge in [-0.25, -0.2) is 9.97 Å². The van der Waals surface area contributed by atoms with Crippen molar-refractivity contribution < 1.29 is 4.79 Å². The van der Waals surface area contributed by atoms with Crippen LogP contribution in [0.2, 0.25) is 0 Å². The van der Waals surface area contributed by atoms with Crippen LogP contribution in [0.5, 0.6) is 0 Å². The summed E-state index contributed by atoms with van der Waals surface area (Å²) in [6.07, 6.45) is 5.85. The van der Waals surface area contributed by atoms with Gasteiger partial charge in [0.25, 0.3) is 5.91 Å². The maximum Gasteiger partial charge on any atom is 0.277 e. The first kappa shape index (κ1) is 11.0. The quantitative estimate of drug-likeness (QED) is 0.801. The van der Waals surface area contributed by atoms with Crippen molar-refractivity contribution in [1.82, 2.24) is 15.0 Å². The van der Waals surface area contributed by atoms with Gasteiger partial charge < -0.3 is 11.1 Å². The molecule has 0 aromatic carbocycles. The van der Waals surface area contributed by atoms with Crippen molar-refractivity contribution in [3.8, 4) is 0 Å². The third-order valence-electron chi connectivity index (χ3n) is 2.19. The highest BCUT2D eigenvalue weighted by Gasteiger charge is 2.08. The number of aryl methyl sites for hydroxylation is 1. The second-order valence-electron chi connectivity index (χ2n) is 3.47. The summed E-state index contributed by atoms with van der Waals surface area (Å²) >= 11 is 0. The molecule has 0 aliphatic rings. The first-order valence-corrected chi connectivity index (χ1v) is 4.96. The van der Waals surface area contributed by atoms with Crippen molar-refractivity contribution in [2.75, 3.05) is 11.1 Å². The van der Waals surface area contributed by atoms with E-state index in [0.29, 0.717) is 11.5 Å². The van der Waals surface area contributed by atoms with Crippen LogP contribution in [0, 0.1) is 6.92 Å². The molecule has 0 atom stereocenters. The van der Waals surface area contributed by atoms with Gasteiger partial charge in [-0.1, -0.05) is 0 Å². The lowest BCUT2D eigenvalue weighted by molar-refractivity contribution is 0.102. The molecule has 3 N–H and O–H groups in total. The van der Waals surface area contributed by atoms with Crippen molar-refractivity contribution in [2.45, 2.75) is 6.92 Å². The Kier molecular flexibility index (Phi) is 2.95. The SMILES string of the molecule is Cc1cc(NC(=O)c2cnccn2)ncc1N. The van der Waals surface area contributed by atoms with E-state index < -0.39 is 0 Å². The predicted octanol–water partition coefficient (Wildman–Crippen LogP) is 1.01. The van der Waals surface area contributed by atoms with Gasteiger partial charge in [-0.2, -0.15) is 0 Å². The number of nitrogens with two attached hydrogens (primary N) is 1. The minimum Gasteiger partial charge on any atom is -0.397 e. The zero-order valence-corrected chi connectivity index (χ0v) is 9.21. The number of nitrogens with zero attached hydrogens (tertiary/aromatic N) is 3. The molecule has 6 heteroatoms. The number of hydrogen-bond donors (Lipinski definition) is 2. The lowest BCUT2D eigenvalue weighted by atomic mass is 10.2.